The summed E-state index contributed by atoms with van der Waals surface area (Å²) in [4.78, 5) is 49.4. The van der Waals surface area contributed by atoms with E-state index in [-0.39, 0.29) is 47.0 Å². The molecular formula is C26H29Cl3INO5. The molecule has 5 unspecified atom stereocenters. The number of esters is 1. The molecule has 0 aromatic heterocycles. The fourth-order valence-electron chi connectivity index (χ4n) is 7.66. The molecule has 6 fully saturated rings. The third kappa shape index (κ3) is 2.40. The number of hydrogen-bond acceptors (Lipinski definition) is 5. The van der Waals surface area contributed by atoms with Crippen molar-refractivity contribution < 1.29 is 23.9 Å². The number of Topliss-reactive ketones (excluding diaryl/α,β-unsaturated/α-hetero) is 1. The Morgan fingerprint density at radius 1 is 1.00 bits per heavy atom. The van der Waals surface area contributed by atoms with Gasteiger partial charge in [-0.25, -0.2) is 0 Å². The van der Waals surface area contributed by atoms with Crippen molar-refractivity contribution in [1.82, 2.24) is 4.90 Å². The number of rotatable bonds is 4. The van der Waals surface area contributed by atoms with Gasteiger partial charge in [0.25, 0.3) is 11.8 Å². The van der Waals surface area contributed by atoms with Gasteiger partial charge in [0.1, 0.15) is 0 Å². The number of ether oxygens (including phenoxy) is 1. The Labute approximate surface area is 233 Å². The SMILES string of the molecule is CC.CCC(C)N1C(=O)c2c(Cl)c(C)c(Cl)c(Cl)c2C1=O.COC(=O)C12C3C4C1C1I2C3C41C(C)=O. The van der Waals surface area contributed by atoms with Gasteiger partial charge in [-0.2, -0.15) is 0 Å². The molecule has 0 spiro atoms. The standard InChI is InChI=1S/C13H12Cl3NO2.C11H11IO3.C2H6/c1-4-5(2)17-12(18)7-8(13(17)19)11(16)10(15)6(3)9(7)14;1-3(13)10-4-5-7(10)12-8(10)6(4)11(5,12)9(14)15-2;1-2/h5H,4H2,1-3H3;4-8H,1-2H3;1-2H3. The monoisotopic (exact) mass is 667 g/mol. The minimum absolute atomic E-state index is 0.0792. The Morgan fingerprint density at radius 3 is 1.89 bits per heavy atom. The molecule has 8 rings (SSSR count). The predicted molar refractivity (Wildman–Crippen MR) is 148 cm³/mol. The molecule has 3 aliphatic carbocycles. The molecule has 2 amide bonds. The van der Waals surface area contributed by atoms with Gasteiger partial charge in [-0.05, 0) is 25.8 Å². The van der Waals surface area contributed by atoms with Crippen molar-refractivity contribution in [2.75, 3.05) is 7.11 Å². The van der Waals surface area contributed by atoms with Crippen LogP contribution in [0.25, 0.3) is 0 Å². The number of hydrogen-bond donors (Lipinski definition) is 0. The van der Waals surface area contributed by atoms with E-state index in [0.29, 0.717) is 35.5 Å². The second kappa shape index (κ2) is 8.30. The summed E-state index contributed by atoms with van der Waals surface area (Å²) in [5.41, 5.74) is 0.946. The maximum absolute atomic E-state index is 12.4. The summed E-state index contributed by atoms with van der Waals surface area (Å²) < 4.78 is 6.52. The molecule has 10 heteroatoms. The molecular weight excluding hydrogens is 640 g/mol. The van der Waals surface area contributed by atoms with Crippen molar-refractivity contribution in [2.24, 2.45) is 23.2 Å². The minimum atomic E-state index is -1.07. The van der Waals surface area contributed by atoms with Gasteiger partial charge in [0.2, 0.25) is 0 Å². The molecule has 196 valence electrons. The van der Waals surface area contributed by atoms with E-state index in [1.54, 1.807) is 20.8 Å². The molecule has 0 radical (unpaired) electrons. The van der Waals surface area contributed by atoms with Gasteiger partial charge < -0.3 is 0 Å². The summed E-state index contributed by atoms with van der Waals surface area (Å²) in [6.45, 7) is 11.1. The summed E-state index contributed by atoms with van der Waals surface area (Å²) >= 11 is 17.2. The van der Waals surface area contributed by atoms with E-state index < -0.39 is 31.6 Å². The zero-order chi connectivity index (χ0) is 26.8. The van der Waals surface area contributed by atoms with E-state index in [2.05, 4.69) is 0 Å². The molecule has 7 aliphatic rings. The van der Waals surface area contributed by atoms with E-state index in [4.69, 9.17) is 39.5 Å². The van der Waals surface area contributed by atoms with Crippen molar-refractivity contribution in [2.45, 2.75) is 65.3 Å². The van der Waals surface area contributed by atoms with Crippen molar-refractivity contribution >= 4 is 78.2 Å². The Bertz CT molecular complexity index is 1160. The average Bonchev–Trinajstić information content (AvgIpc) is 3.16. The topological polar surface area (TPSA) is 80.8 Å². The number of alkyl halides is 3. The molecule has 3 saturated heterocycles. The van der Waals surface area contributed by atoms with Gasteiger partial charge in [0, 0.05) is 6.04 Å². The summed E-state index contributed by atoms with van der Waals surface area (Å²) in [7, 11) is 1.52. The quantitative estimate of drug-likeness (QED) is 0.129. The van der Waals surface area contributed by atoms with Crippen molar-refractivity contribution in [3.8, 4) is 0 Å². The molecule has 5 atom stereocenters. The summed E-state index contributed by atoms with van der Waals surface area (Å²) in [6.07, 6.45) is 0.660. The molecule has 0 N–H and O–H groups in total. The van der Waals surface area contributed by atoms with Crippen LogP contribution in [0.1, 0.15) is 67.3 Å². The number of ketones is 1. The molecule has 1 aromatic carbocycles. The molecule has 6 nitrogen and oxygen atoms in total. The first-order chi connectivity index (χ1) is 17.0. The second-order valence-corrected chi connectivity index (χ2v) is 17.6. The first-order valence-corrected chi connectivity index (χ1v) is 17.0. The Kier molecular flexibility index (Phi) is 6.15. The number of benzene rings is 1. The number of methoxy groups -OCH3 is 1. The molecule has 4 aliphatic heterocycles. The fourth-order valence-corrected chi connectivity index (χ4v) is 22.0. The zero-order valence-electron chi connectivity index (χ0n) is 21.2. The van der Waals surface area contributed by atoms with Crippen LogP contribution in [-0.4, -0.2) is 52.9 Å². The maximum atomic E-state index is 12.4. The number of imide groups is 1. The van der Waals surface area contributed by atoms with Gasteiger partial charge in [-0.1, -0.05) is 55.6 Å². The molecule has 4 heterocycles. The van der Waals surface area contributed by atoms with Gasteiger partial charge in [0.15, 0.2) is 0 Å². The fraction of sp³-hybridized carbons (Fsp3) is 0.615. The van der Waals surface area contributed by atoms with Crippen LogP contribution in [0.4, 0.5) is 0 Å². The van der Waals surface area contributed by atoms with Crippen LogP contribution in [-0.2, 0) is 14.3 Å². The van der Waals surface area contributed by atoms with E-state index in [9.17, 15) is 19.2 Å². The normalized spacial score (nSPS) is 37.8. The van der Waals surface area contributed by atoms with Crippen molar-refractivity contribution in [3.63, 3.8) is 0 Å². The molecule has 36 heavy (non-hydrogen) atoms. The number of amides is 2. The van der Waals surface area contributed by atoms with E-state index in [1.807, 2.05) is 20.8 Å². The Morgan fingerprint density at radius 2 is 1.50 bits per heavy atom. The first-order valence-electron chi connectivity index (χ1n) is 12.3. The van der Waals surface area contributed by atoms with Crippen LogP contribution in [0, 0.1) is 30.1 Å². The second-order valence-electron chi connectivity index (χ2n) is 10.0. The third-order valence-electron chi connectivity index (χ3n) is 9.25. The number of fused-ring (bicyclic) bond motifs is 1. The van der Waals surface area contributed by atoms with Gasteiger partial charge >= 0.3 is 94.4 Å². The van der Waals surface area contributed by atoms with Gasteiger partial charge in [-0.3, -0.25) is 14.5 Å². The van der Waals surface area contributed by atoms with Crippen LogP contribution in [0.15, 0.2) is 0 Å². The first kappa shape index (κ1) is 26.7. The number of nitrogens with zero attached hydrogens (tertiary/aromatic N) is 1. The van der Waals surface area contributed by atoms with E-state index >= 15 is 0 Å². The number of halogens is 4. The van der Waals surface area contributed by atoms with E-state index in [1.165, 1.54) is 12.0 Å². The third-order valence-corrected chi connectivity index (χ3v) is 21.1. The molecule has 1 aromatic rings. The van der Waals surface area contributed by atoms with Crippen LogP contribution < -0.4 is 0 Å². The van der Waals surface area contributed by atoms with Crippen LogP contribution in [0.3, 0.4) is 0 Å². The predicted octanol–water partition coefficient (Wildman–Crippen LogP) is 6.01. The van der Waals surface area contributed by atoms with E-state index in [0.717, 1.165) is 7.85 Å². The zero-order valence-corrected chi connectivity index (χ0v) is 25.6. The van der Waals surface area contributed by atoms with Gasteiger partial charge in [0.05, 0.1) is 26.2 Å². The Balaban J connectivity index is 0.000000141. The van der Waals surface area contributed by atoms with Crippen molar-refractivity contribution in [3.05, 3.63) is 31.8 Å². The summed E-state index contributed by atoms with van der Waals surface area (Å²) in [5, 5.41) is 0.522. The van der Waals surface area contributed by atoms with Crippen LogP contribution >= 0.6 is 54.6 Å². The summed E-state index contributed by atoms with van der Waals surface area (Å²) in [5.74, 6) is 1.52. The number of carbonyl (C=O) groups excluding carboxylic acids is 4. The van der Waals surface area contributed by atoms with Gasteiger partial charge in [-0.15, -0.1) is 0 Å². The number of carbonyl (C=O) groups is 4. The van der Waals surface area contributed by atoms with Crippen LogP contribution in [0.2, 0.25) is 15.1 Å². The van der Waals surface area contributed by atoms with Crippen molar-refractivity contribution in [1.29, 1.82) is 0 Å². The Hall–Kier alpha value is -0.900. The molecule has 3 saturated carbocycles. The summed E-state index contributed by atoms with van der Waals surface area (Å²) in [6, 6.07) is -0.210. The average molecular weight is 669 g/mol. The molecule has 0 bridgehead atoms. The van der Waals surface area contributed by atoms with Crippen LogP contribution in [0.5, 0.6) is 0 Å².